The summed E-state index contributed by atoms with van der Waals surface area (Å²) in [5.41, 5.74) is 5.74. The van der Waals surface area contributed by atoms with Gasteiger partial charge in [-0.2, -0.15) is 0 Å². The molecule has 0 fully saturated rings. The molecule has 0 radical (unpaired) electrons. The van der Waals surface area contributed by atoms with E-state index in [9.17, 15) is 0 Å². The Morgan fingerprint density at radius 3 is 2.67 bits per heavy atom. The average Bonchev–Trinajstić information content (AvgIpc) is 2.27. The van der Waals surface area contributed by atoms with Gasteiger partial charge in [-0.15, -0.1) is 0 Å². The fraction of sp³-hybridized carbons (Fsp3) is 0.500. The number of likely N-dealkylation sites (N-methyl/N-ethyl adjacent to an activating group) is 1. The second-order valence-corrected chi connectivity index (χ2v) is 6.47. The fourth-order valence-electron chi connectivity index (χ4n) is 2.82. The lowest BCUT2D eigenvalue weighted by molar-refractivity contribution is 0.328. The fourth-order valence-corrected chi connectivity index (χ4v) is 2.82. The summed E-state index contributed by atoms with van der Waals surface area (Å²) in [6, 6.07) is 4.59. The Labute approximate surface area is 109 Å². The van der Waals surface area contributed by atoms with E-state index in [0.717, 1.165) is 18.8 Å². The Hall–Kier alpha value is -1.28. The predicted molar refractivity (Wildman–Crippen MR) is 74.9 cm³/mol. The molecule has 0 spiro atoms. The van der Waals surface area contributed by atoms with Crippen LogP contribution in [0.1, 0.15) is 37.5 Å². The molecule has 2 heterocycles. The van der Waals surface area contributed by atoms with Crippen LogP contribution in [0, 0.1) is 0 Å². The van der Waals surface area contributed by atoms with Crippen molar-refractivity contribution in [3.05, 3.63) is 34.9 Å². The van der Waals surface area contributed by atoms with Crippen LogP contribution in [0.5, 0.6) is 5.75 Å². The molecule has 2 aliphatic rings. The van der Waals surface area contributed by atoms with E-state index < -0.39 is 0 Å². The minimum Gasteiger partial charge on any atom is -0.489 e. The van der Waals surface area contributed by atoms with Crippen LogP contribution in [0.15, 0.2) is 18.2 Å². The Bertz CT molecular complexity index is 523. The number of benzene rings is 1. The largest absolute Gasteiger partial charge is 0.489 e. The van der Waals surface area contributed by atoms with Crippen LogP contribution in [-0.4, -0.2) is 25.1 Å². The van der Waals surface area contributed by atoms with E-state index in [1.165, 1.54) is 22.3 Å². The molecule has 2 aliphatic heterocycles. The molecule has 0 N–H and O–H groups in total. The summed E-state index contributed by atoms with van der Waals surface area (Å²) in [6.07, 6.45) is 2.22. The maximum Gasteiger partial charge on any atom is 0.127 e. The number of nitrogens with zero attached hydrogens (tertiary/aromatic N) is 1. The Morgan fingerprint density at radius 2 is 1.94 bits per heavy atom. The zero-order valence-electron chi connectivity index (χ0n) is 11.7. The van der Waals surface area contributed by atoms with E-state index in [4.69, 9.17) is 4.74 Å². The van der Waals surface area contributed by atoms with Gasteiger partial charge in [0.2, 0.25) is 0 Å². The van der Waals surface area contributed by atoms with Crippen LogP contribution in [0.25, 0.3) is 5.57 Å². The van der Waals surface area contributed by atoms with Crippen molar-refractivity contribution in [2.75, 3.05) is 20.2 Å². The van der Waals surface area contributed by atoms with E-state index in [-0.39, 0.29) is 5.41 Å². The van der Waals surface area contributed by atoms with Crippen molar-refractivity contribution >= 4 is 5.57 Å². The van der Waals surface area contributed by atoms with Crippen LogP contribution in [0.4, 0.5) is 0 Å². The molecule has 0 saturated heterocycles. The van der Waals surface area contributed by atoms with Gasteiger partial charge in [0, 0.05) is 18.7 Å². The SMILES string of the molecule is CN1CC2=CCOc3cc(C(C)(C)C)cc(c32)C1. The van der Waals surface area contributed by atoms with Crippen LogP contribution < -0.4 is 4.74 Å². The quantitative estimate of drug-likeness (QED) is 0.694. The lowest BCUT2D eigenvalue weighted by Gasteiger charge is -2.33. The highest BCUT2D eigenvalue weighted by molar-refractivity contribution is 5.77. The van der Waals surface area contributed by atoms with Gasteiger partial charge in [0.15, 0.2) is 0 Å². The summed E-state index contributed by atoms with van der Waals surface area (Å²) in [4.78, 5) is 2.37. The second kappa shape index (κ2) is 3.86. The van der Waals surface area contributed by atoms with E-state index in [1.54, 1.807) is 0 Å². The summed E-state index contributed by atoms with van der Waals surface area (Å²) >= 11 is 0. The van der Waals surface area contributed by atoms with Gasteiger partial charge in [0.25, 0.3) is 0 Å². The molecule has 0 amide bonds. The van der Waals surface area contributed by atoms with Crippen molar-refractivity contribution in [2.45, 2.75) is 32.7 Å². The van der Waals surface area contributed by atoms with Crippen molar-refractivity contribution in [3.63, 3.8) is 0 Å². The molecule has 2 heteroatoms. The Morgan fingerprint density at radius 1 is 1.17 bits per heavy atom. The third-order valence-electron chi connectivity index (χ3n) is 3.82. The van der Waals surface area contributed by atoms with Crippen LogP contribution in [0.2, 0.25) is 0 Å². The molecule has 96 valence electrons. The number of hydrogen-bond acceptors (Lipinski definition) is 2. The van der Waals surface area contributed by atoms with Gasteiger partial charge >= 0.3 is 0 Å². The zero-order valence-corrected chi connectivity index (χ0v) is 11.7. The first kappa shape index (κ1) is 11.8. The van der Waals surface area contributed by atoms with Gasteiger partial charge in [-0.05, 0) is 41.3 Å². The third-order valence-corrected chi connectivity index (χ3v) is 3.82. The van der Waals surface area contributed by atoms with E-state index in [1.807, 2.05) is 0 Å². The summed E-state index contributed by atoms with van der Waals surface area (Å²) in [5.74, 6) is 1.09. The van der Waals surface area contributed by atoms with Crippen molar-refractivity contribution in [2.24, 2.45) is 0 Å². The van der Waals surface area contributed by atoms with Gasteiger partial charge in [-0.1, -0.05) is 26.8 Å². The zero-order chi connectivity index (χ0) is 12.9. The third kappa shape index (κ3) is 1.85. The first-order chi connectivity index (χ1) is 8.45. The topological polar surface area (TPSA) is 12.5 Å². The average molecular weight is 243 g/mol. The Kier molecular flexibility index (Phi) is 2.53. The summed E-state index contributed by atoms with van der Waals surface area (Å²) in [7, 11) is 2.18. The van der Waals surface area contributed by atoms with Crippen LogP contribution in [0.3, 0.4) is 0 Å². The van der Waals surface area contributed by atoms with Gasteiger partial charge < -0.3 is 4.74 Å². The number of rotatable bonds is 0. The minimum absolute atomic E-state index is 0.173. The van der Waals surface area contributed by atoms with Crippen molar-refractivity contribution < 1.29 is 4.74 Å². The maximum atomic E-state index is 5.85. The lowest BCUT2D eigenvalue weighted by atomic mass is 9.82. The number of ether oxygens (including phenoxy) is 1. The highest BCUT2D eigenvalue weighted by Crippen LogP contribution is 2.40. The van der Waals surface area contributed by atoms with Gasteiger partial charge in [0.05, 0.1) is 0 Å². The van der Waals surface area contributed by atoms with Gasteiger partial charge in [-0.25, -0.2) is 0 Å². The lowest BCUT2D eigenvalue weighted by Crippen LogP contribution is -2.28. The predicted octanol–water partition coefficient (Wildman–Crippen LogP) is 3.21. The summed E-state index contributed by atoms with van der Waals surface area (Å²) in [5, 5.41) is 0. The standard InChI is InChI=1S/C16H21NO/c1-16(2,3)13-7-12-10-17(4)9-11-5-6-18-14(8-13)15(11)12/h5,7-8H,6,9-10H2,1-4H3. The molecular weight excluding hydrogens is 222 g/mol. The van der Waals surface area contributed by atoms with Crippen LogP contribution >= 0.6 is 0 Å². The Balaban J connectivity index is 2.19. The highest BCUT2D eigenvalue weighted by Gasteiger charge is 2.27. The molecule has 0 bridgehead atoms. The molecule has 0 atom stereocenters. The second-order valence-electron chi connectivity index (χ2n) is 6.47. The van der Waals surface area contributed by atoms with Crippen molar-refractivity contribution in [3.8, 4) is 5.75 Å². The molecule has 1 aromatic rings. The van der Waals surface area contributed by atoms with E-state index in [0.29, 0.717) is 6.61 Å². The molecule has 0 aromatic heterocycles. The molecular formula is C16H21NO. The number of hydrogen-bond donors (Lipinski definition) is 0. The molecule has 1 aromatic carbocycles. The smallest absolute Gasteiger partial charge is 0.127 e. The van der Waals surface area contributed by atoms with Crippen molar-refractivity contribution in [1.82, 2.24) is 4.90 Å². The molecule has 3 rings (SSSR count). The van der Waals surface area contributed by atoms with Crippen LogP contribution in [-0.2, 0) is 12.0 Å². The molecule has 2 nitrogen and oxygen atoms in total. The monoisotopic (exact) mass is 243 g/mol. The first-order valence-electron chi connectivity index (χ1n) is 6.63. The normalized spacial score (nSPS) is 19.0. The van der Waals surface area contributed by atoms with Gasteiger partial charge in [-0.3, -0.25) is 4.90 Å². The van der Waals surface area contributed by atoms with Crippen molar-refractivity contribution in [1.29, 1.82) is 0 Å². The molecule has 0 unspecified atom stereocenters. The molecule has 0 aliphatic carbocycles. The summed E-state index contributed by atoms with van der Waals surface area (Å²) in [6.45, 7) is 9.54. The maximum absolute atomic E-state index is 5.85. The molecule has 0 saturated carbocycles. The van der Waals surface area contributed by atoms with E-state index in [2.05, 4.69) is 50.9 Å². The highest BCUT2D eigenvalue weighted by atomic mass is 16.5. The molecule has 18 heavy (non-hydrogen) atoms. The van der Waals surface area contributed by atoms with Gasteiger partial charge in [0.1, 0.15) is 12.4 Å². The minimum atomic E-state index is 0.173. The summed E-state index contributed by atoms with van der Waals surface area (Å²) < 4.78 is 5.85. The first-order valence-corrected chi connectivity index (χ1v) is 6.63. The van der Waals surface area contributed by atoms with E-state index >= 15 is 0 Å².